The van der Waals surface area contributed by atoms with Crippen molar-refractivity contribution in [3.05, 3.63) is 0 Å². The molecule has 0 N–H and O–H groups in total. The Morgan fingerprint density at radius 1 is 1.15 bits per heavy atom. The first-order chi connectivity index (χ1) is 5.87. The van der Waals surface area contributed by atoms with Gasteiger partial charge < -0.3 is 0 Å². The molecule has 13 heavy (non-hydrogen) atoms. The zero-order valence-corrected chi connectivity index (χ0v) is 11.0. The van der Waals surface area contributed by atoms with Crippen molar-refractivity contribution < 1.29 is 0 Å². The Hall–Kier alpha value is 1.16. The van der Waals surface area contributed by atoms with Crippen LogP contribution < -0.4 is 0 Å². The van der Waals surface area contributed by atoms with E-state index < -0.39 is 4.33 Å². The summed E-state index contributed by atoms with van der Waals surface area (Å²) in [5.41, 5.74) is 0. The second-order valence-electron chi connectivity index (χ2n) is 3.37. The van der Waals surface area contributed by atoms with Crippen LogP contribution in [-0.4, -0.2) is 15.1 Å². The van der Waals surface area contributed by atoms with Gasteiger partial charge in [-0.15, -0.1) is 46.4 Å². The van der Waals surface area contributed by atoms with Crippen molar-refractivity contribution in [2.45, 2.75) is 54.6 Å². The van der Waals surface area contributed by atoms with Crippen LogP contribution in [0.1, 0.15) is 39.5 Å². The van der Waals surface area contributed by atoms with E-state index in [1.807, 2.05) is 13.8 Å². The van der Waals surface area contributed by atoms with Crippen molar-refractivity contribution in [3.8, 4) is 0 Å². The molecule has 2 unspecified atom stereocenters. The maximum atomic E-state index is 6.06. The summed E-state index contributed by atoms with van der Waals surface area (Å²) in [5, 5.41) is 0.194. The summed E-state index contributed by atoms with van der Waals surface area (Å²) in [6.45, 7) is 3.91. The predicted molar refractivity (Wildman–Crippen MR) is 63.5 cm³/mol. The highest BCUT2D eigenvalue weighted by Crippen LogP contribution is 2.33. The van der Waals surface area contributed by atoms with Gasteiger partial charge >= 0.3 is 0 Å². The van der Waals surface area contributed by atoms with Crippen LogP contribution in [0, 0.1) is 0 Å². The van der Waals surface area contributed by atoms with Gasteiger partial charge in [-0.3, -0.25) is 0 Å². The minimum atomic E-state index is -0.679. The third-order valence-corrected chi connectivity index (χ3v) is 3.35. The number of hydrogen-bond acceptors (Lipinski definition) is 0. The predicted octanol–water partition coefficient (Wildman–Crippen LogP) is 4.98. The molecule has 0 aliphatic rings. The Morgan fingerprint density at radius 3 is 2.08 bits per heavy atom. The Morgan fingerprint density at radius 2 is 1.69 bits per heavy atom. The summed E-state index contributed by atoms with van der Waals surface area (Å²) < 4.78 is -0.679. The highest BCUT2D eigenvalue weighted by atomic mass is 35.5. The summed E-state index contributed by atoms with van der Waals surface area (Å²) in [4.78, 5) is 0. The van der Waals surface area contributed by atoms with Crippen molar-refractivity contribution >= 4 is 46.4 Å². The van der Waals surface area contributed by atoms with Gasteiger partial charge in [-0.05, 0) is 32.6 Å². The molecule has 0 saturated heterocycles. The van der Waals surface area contributed by atoms with Gasteiger partial charge in [0.25, 0.3) is 0 Å². The highest BCUT2D eigenvalue weighted by Gasteiger charge is 2.25. The smallest absolute Gasteiger partial charge is 0.119 e. The van der Waals surface area contributed by atoms with Crippen LogP contribution in [0.15, 0.2) is 0 Å². The Balaban J connectivity index is 3.67. The average molecular weight is 266 g/mol. The molecule has 0 amide bonds. The topological polar surface area (TPSA) is 0 Å². The van der Waals surface area contributed by atoms with Crippen molar-refractivity contribution in [2.75, 3.05) is 0 Å². The van der Waals surface area contributed by atoms with E-state index in [2.05, 4.69) is 0 Å². The Kier molecular flexibility index (Phi) is 7.20. The lowest BCUT2D eigenvalue weighted by Gasteiger charge is -2.20. The molecule has 0 radical (unpaired) electrons. The molecule has 0 aliphatic heterocycles. The molecule has 0 aromatic heterocycles. The fourth-order valence-corrected chi connectivity index (χ4v) is 2.03. The zero-order valence-electron chi connectivity index (χ0n) is 7.99. The minimum Gasteiger partial charge on any atom is -0.123 e. The molecule has 0 spiro atoms. The van der Waals surface area contributed by atoms with Gasteiger partial charge in [0.15, 0.2) is 0 Å². The minimum absolute atomic E-state index is 0.0242. The number of alkyl halides is 4. The van der Waals surface area contributed by atoms with Crippen LogP contribution in [-0.2, 0) is 0 Å². The van der Waals surface area contributed by atoms with Gasteiger partial charge in [0.2, 0.25) is 0 Å². The molecular formula is C9H16Cl4. The fraction of sp³-hybridized carbons (Fsp3) is 1.00. The summed E-state index contributed by atoms with van der Waals surface area (Å²) in [6, 6.07) is 0. The van der Waals surface area contributed by atoms with Gasteiger partial charge in [0.05, 0.1) is 0 Å². The lowest BCUT2D eigenvalue weighted by atomic mass is 10.1. The molecule has 0 saturated carbocycles. The van der Waals surface area contributed by atoms with Crippen LogP contribution in [0.4, 0.5) is 0 Å². The van der Waals surface area contributed by atoms with Crippen LogP contribution in [0.25, 0.3) is 0 Å². The molecule has 0 rings (SSSR count). The van der Waals surface area contributed by atoms with E-state index >= 15 is 0 Å². The zero-order chi connectivity index (χ0) is 10.5. The molecule has 0 heterocycles. The molecule has 0 nitrogen and oxygen atoms in total. The maximum absolute atomic E-state index is 6.06. The summed E-state index contributed by atoms with van der Waals surface area (Å²) in [5.74, 6) is 0. The van der Waals surface area contributed by atoms with Crippen LogP contribution in [0.2, 0.25) is 0 Å². The van der Waals surface area contributed by atoms with Gasteiger partial charge in [0.1, 0.15) is 4.33 Å². The molecule has 0 aromatic rings. The van der Waals surface area contributed by atoms with E-state index in [-0.39, 0.29) is 10.8 Å². The summed E-state index contributed by atoms with van der Waals surface area (Å²) in [7, 11) is 0. The van der Waals surface area contributed by atoms with Crippen molar-refractivity contribution in [3.63, 3.8) is 0 Å². The van der Waals surface area contributed by atoms with Gasteiger partial charge in [-0.2, -0.15) is 0 Å². The quantitative estimate of drug-likeness (QED) is 0.595. The van der Waals surface area contributed by atoms with E-state index in [4.69, 9.17) is 46.4 Å². The SMILES string of the molecule is CCC(Cl)(Cl)CC(Cl)CCC(C)Cl. The lowest BCUT2D eigenvalue weighted by molar-refractivity contribution is 0.588. The number of halogens is 4. The first-order valence-electron chi connectivity index (χ1n) is 4.53. The fourth-order valence-electron chi connectivity index (χ4n) is 0.981. The second-order valence-corrected chi connectivity index (χ2v) is 6.37. The molecule has 80 valence electrons. The normalized spacial score (nSPS) is 17.1. The van der Waals surface area contributed by atoms with Crippen LogP contribution in [0.5, 0.6) is 0 Å². The molecule has 0 aromatic carbocycles. The van der Waals surface area contributed by atoms with Gasteiger partial charge in [-0.25, -0.2) is 0 Å². The van der Waals surface area contributed by atoms with Crippen LogP contribution >= 0.6 is 46.4 Å². The van der Waals surface area contributed by atoms with E-state index in [9.17, 15) is 0 Å². The van der Waals surface area contributed by atoms with Crippen molar-refractivity contribution in [2.24, 2.45) is 0 Å². The molecule has 0 bridgehead atoms. The van der Waals surface area contributed by atoms with Crippen LogP contribution in [0.3, 0.4) is 0 Å². The van der Waals surface area contributed by atoms with Gasteiger partial charge in [0, 0.05) is 10.8 Å². The first kappa shape index (κ1) is 14.2. The largest absolute Gasteiger partial charge is 0.123 e. The Labute approximate surface area is 101 Å². The second kappa shape index (κ2) is 6.61. The average Bonchev–Trinajstić information content (AvgIpc) is 2.00. The highest BCUT2D eigenvalue weighted by molar-refractivity contribution is 6.48. The molecule has 2 atom stereocenters. The third-order valence-electron chi connectivity index (χ3n) is 1.92. The summed E-state index contributed by atoms with van der Waals surface area (Å²) >= 11 is 23.8. The van der Waals surface area contributed by atoms with E-state index in [1.54, 1.807) is 0 Å². The molecule has 4 heteroatoms. The third kappa shape index (κ3) is 8.17. The van der Waals surface area contributed by atoms with Crippen molar-refractivity contribution in [1.82, 2.24) is 0 Å². The summed E-state index contributed by atoms with van der Waals surface area (Å²) in [6.07, 6.45) is 3.12. The van der Waals surface area contributed by atoms with E-state index in [0.717, 1.165) is 19.3 Å². The first-order valence-corrected chi connectivity index (χ1v) is 6.16. The van der Waals surface area contributed by atoms with E-state index in [0.29, 0.717) is 6.42 Å². The molecule has 0 fully saturated rings. The molecule has 0 aliphatic carbocycles. The maximum Gasteiger partial charge on any atom is 0.119 e. The molecular weight excluding hydrogens is 250 g/mol. The lowest BCUT2D eigenvalue weighted by Crippen LogP contribution is -2.18. The number of rotatable bonds is 6. The van der Waals surface area contributed by atoms with E-state index in [1.165, 1.54) is 0 Å². The van der Waals surface area contributed by atoms with Gasteiger partial charge in [-0.1, -0.05) is 6.92 Å². The monoisotopic (exact) mass is 264 g/mol. The Bertz CT molecular complexity index is 134. The van der Waals surface area contributed by atoms with Crippen molar-refractivity contribution in [1.29, 1.82) is 0 Å². The standard InChI is InChI=1S/C9H16Cl4/c1-3-9(12,13)6-8(11)5-4-7(2)10/h7-8H,3-6H2,1-2H3. The number of hydrogen-bond donors (Lipinski definition) is 0.